The van der Waals surface area contributed by atoms with Gasteiger partial charge in [-0.25, -0.2) is 8.42 Å². The summed E-state index contributed by atoms with van der Waals surface area (Å²) in [4.78, 5) is 14.8. The van der Waals surface area contributed by atoms with Crippen molar-refractivity contribution < 1.29 is 13.2 Å². The molecule has 1 amide bonds. The molecule has 0 saturated carbocycles. The monoisotopic (exact) mass is 401 g/mol. The smallest absolute Gasteiger partial charge is 0.243 e. The quantitative estimate of drug-likeness (QED) is 0.834. The van der Waals surface area contributed by atoms with Crippen LogP contribution in [0.2, 0.25) is 0 Å². The van der Waals surface area contributed by atoms with Gasteiger partial charge < -0.3 is 10.2 Å². The maximum atomic E-state index is 13.0. The van der Waals surface area contributed by atoms with Crippen molar-refractivity contribution in [2.45, 2.75) is 31.6 Å². The molecule has 0 bridgehead atoms. The lowest BCUT2D eigenvalue weighted by molar-refractivity contribution is -0.137. The number of carbonyl (C=O) groups is 1. The van der Waals surface area contributed by atoms with Gasteiger partial charge in [-0.2, -0.15) is 4.31 Å². The van der Waals surface area contributed by atoms with Gasteiger partial charge in [0.2, 0.25) is 15.9 Å². The van der Waals surface area contributed by atoms with E-state index in [0.717, 1.165) is 37.1 Å². The Kier molecular flexibility index (Phi) is 7.07. The molecule has 3 rings (SSSR count). The number of hydrogen-bond acceptors (Lipinski definition) is 4. The fraction of sp³-hybridized carbons (Fsp3) is 0.611. The Hall–Kier alpha value is -1.15. The predicted molar refractivity (Wildman–Crippen MR) is 104 cm³/mol. The van der Waals surface area contributed by atoms with E-state index in [4.69, 9.17) is 0 Å². The molecule has 2 heterocycles. The highest BCUT2D eigenvalue weighted by Gasteiger charge is 2.33. The molecule has 8 heteroatoms. The molecule has 26 heavy (non-hydrogen) atoms. The number of sulfonamides is 1. The number of piperazine rings is 1. The molecule has 1 atom stereocenters. The number of hydrogen-bond donors (Lipinski definition) is 1. The standard InChI is InChI=1S/C18H27N3O3S.ClH/c1-14-5-6-15(2)17(12-14)25(23,24)21-10-8-20(9-11-21)18(22)16-4-3-7-19-13-16;/h5-6,12,16,19H,3-4,7-11,13H2,1-2H3;1H. The number of rotatable bonds is 3. The molecule has 0 radical (unpaired) electrons. The Morgan fingerprint density at radius 1 is 1.15 bits per heavy atom. The molecule has 2 saturated heterocycles. The summed E-state index contributed by atoms with van der Waals surface area (Å²) < 4.78 is 27.4. The Labute approximate surface area is 162 Å². The van der Waals surface area contributed by atoms with E-state index >= 15 is 0 Å². The average Bonchev–Trinajstić information content (AvgIpc) is 2.64. The Morgan fingerprint density at radius 2 is 1.85 bits per heavy atom. The van der Waals surface area contributed by atoms with Crippen LogP contribution in [0.5, 0.6) is 0 Å². The van der Waals surface area contributed by atoms with Crippen molar-refractivity contribution in [3.05, 3.63) is 29.3 Å². The molecule has 0 aliphatic carbocycles. The average molecular weight is 402 g/mol. The molecule has 6 nitrogen and oxygen atoms in total. The summed E-state index contributed by atoms with van der Waals surface area (Å²) >= 11 is 0. The summed E-state index contributed by atoms with van der Waals surface area (Å²) in [7, 11) is -3.51. The van der Waals surface area contributed by atoms with Crippen LogP contribution in [0.1, 0.15) is 24.0 Å². The van der Waals surface area contributed by atoms with Crippen LogP contribution in [0.3, 0.4) is 0 Å². The summed E-state index contributed by atoms with van der Waals surface area (Å²) in [6.45, 7) is 7.10. The number of carbonyl (C=O) groups excluding carboxylic acids is 1. The first-order valence-electron chi connectivity index (χ1n) is 8.96. The number of halogens is 1. The van der Waals surface area contributed by atoms with E-state index in [1.54, 1.807) is 6.07 Å². The molecule has 1 aromatic carbocycles. The van der Waals surface area contributed by atoms with Crippen molar-refractivity contribution in [1.82, 2.24) is 14.5 Å². The second-order valence-electron chi connectivity index (χ2n) is 7.04. The van der Waals surface area contributed by atoms with Gasteiger partial charge in [-0.3, -0.25) is 4.79 Å². The molecule has 1 aromatic rings. The van der Waals surface area contributed by atoms with Gasteiger partial charge in [-0.05, 0) is 50.4 Å². The Morgan fingerprint density at radius 3 is 2.46 bits per heavy atom. The number of amides is 1. The summed E-state index contributed by atoms with van der Waals surface area (Å²) in [5, 5.41) is 3.27. The topological polar surface area (TPSA) is 69.7 Å². The first-order valence-corrected chi connectivity index (χ1v) is 10.4. The first-order chi connectivity index (χ1) is 11.9. The van der Waals surface area contributed by atoms with Crippen LogP contribution in [0.15, 0.2) is 23.1 Å². The fourth-order valence-corrected chi connectivity index (χ4v) is 5.33. The Balaban J connectivity index is 0.00000243. The van der Waals surface area contributed by atoms with E-state index in [0.29, 0.717) is 31.1 Å². The maximum Gasteiger partial charge on any atom is 0.243 e. The first kappa shape index (κ1) is 21.2. The second-order valence-corrected chi connectivity index (χ2v) is 8.95. The maximum absolute atomic E-state index is 13.0. The van der Waals surface area contributed by atoms with Crippen molar-refractivity contribution in [3.8, 4) is 0 Å². The third kappa shape index (κ3) is 4.39. The van der Waals surface area contributed by atoms with Gasteiger partial charge in [0.1, 0.15) is 0 Å². The molecule has 1 unspecified atom stereocenters. The predicted octanol–water partition coefficient (Wildman–Crippen LogP) is 1.56. The number of piperidine rings is 1. The second kappa shape index (κ2) is 8.69. The minimum atomic E-state index is -3.51. The van der Waals surface area contributed by atoms with Gasteiger partial charge in [0.25, 0.3) is 0 Å². The summed E-state index contributed by atoms with van der Waals surface area (Å²) in [6, 6.07) is 5.50. The van der Waals surface area contributed by atoms with Crippen molar-refractivity contribution in [2.24, 2.45) is 5.92 Å². The van der Waals surface area contributed by atoms with E-state index in [2.05, 4.69) is 5.32 Å². The van der Waals surface area contributed by atoms with Crippen LogP contribution < -0.4 is 5.32 Å². The number of aryl methyl sites for hydroxylation is 2. The third-order valence-corrected chi connectivity index (χ3v) is 7.20. The zero-order chi connectivity index (χ0) is 18.0. The van der Waals surface area contributed by atoms with E-state index < -0.39 is 10.0 Å². The summed E-state index contributed by atoms with van der Waals surface area (Å²) in [5.74, 6) is 0.201. The number of nitrogens with zero attached hydrogens (tertiary/aromatic N) is 2. The van der Waals surface area contributed by atoms with E-state index in [-0.39, 0.29) is 24.2 Å². The van der Waals surface area contributed by atoms with Gasteiger partial charge in [0.05, 0.1) is 10.8 Å². The van der Waals surface area contributed by atoms with Crippen molar-refractivity contribution in [3.63, 3.8) is 0 Å². The van der Waals surface area contributed by atoms with Gasteiger partial charge in [-0.15, -0.1) is 12.4 Å². The van der Waals surface area contributed by atoms with Crippen LogP contribution in [0.25, 0.3) is 0 Å². The molecule has 146 valence electrons. The van der Waals surface area contributed by atoms with Crippen LogP contribution in [-0.4, -0.2) is 62.8 Å². The molecule has 1 N–H and O–H groups in total. The largest absolute Gasteiger partial charge is 0.340 e. The van der Waals surface area contributed by atoms with Gasteiger partial charge in [0.15, 0.2) is 0 Å². The van der Waals surface area contributed by atoms with Crippen molar-refractivity contribution >= 4 is 28.3 Å². The Bertz CT molecular complexity index is 740. The van der Waals surface area contributed by atoms with Gasteiger partial charge in [-0.1, -0.05) is 12.1 Å². The van der Waals surface area contributed by atoms with Gasteiger partial charge >= 0.3 is 0 Å². The van der Waals surface area contributed by atoms with E-state index in [1.165, 1.54) is 4.31 Å². The number of benzene rings is 1. The lowest BCUT2D eigenvalue weighted by Gasteiger charge is -2.36. The number of nitrogens with one attached hydrogen (secondary N) is 1. The summed E-state index contributed by atoms with van der Waals surface area (Å²) in [6.07, 6.45) is 1.95. The van der Waals surface area contributed by atoms with Crippen LogP contribution in [0.4, 0.5) is 0 Å². The summed E-state index contributed by atoms with van der Waals surface area (Å²) in [5.41, 5.74) is 1.69. The molecular formula is C18H28ClN3O3S. The normalized spacial score (nSPS) is 21.9. The van der Waals surface area contributed by atoms with Crippen LogP contribution >= 0.6 is 12.4 Å². The van der Waals surface area contributed by atoms with Crippen LogP contribution in [0, 0.1) is 19.8 Å². The van der Waals surface area contributed by atoms with Crippen LogP contribution in [-0.2, 0) is 14.8 Å². The highest BCUT2D eigenvalue weighted by molar-refractivity contribution is 7.89. The van der Waals surface area contributed by atoms with E-state index in [9.17, 15) is 13.2 Å². The SMILES string of the molecule is Cc1ccc(C)c(S(=O)(=O)N2CCN(C(=O)C3CCCNC3)CC2)c1.Cl. The molecule has 2 aliphatic heterocycles. The van der Waals surface area contributed by atoms with Crippen molar-refractivity contribution in [2.75, 3.05) is 39.3 Å². The highest BCUT2D eigenvalue weighted by Crippen LogP contribution is 2.23. The molecule has 2 aliphatic rings. The zero-order valence-electron chi connectivity index (χ0n) is 15.4. The fourth-order valence-electron chi connectivity index (χ4n) is 3.59. The zero-order valence-corrected chi connectivity index (χ0v) is 17.0. The lowest BCUT2D eigenvalue weighted by atomic mass is 9.98. The lowest BCUT2D eigenvalue weighted by Crippen LogP contribution is -2.53. The molecular weight excluding hydrogens is 374 g/mol. The molecule has 0 aromatic heterocycles. The van der Waals surface area contributed by atoms with Crippen molar-refractivity contribution in [1.29, 1.82) is 0 Å². The third-order valence-electron chi connectivity index (χ3n) is 5.16. The minimum Gasteiger partial charge on any atom is -0.340 e. The van der Waals surface area contributed by atoms with E-state index in [1.807, 2.05) is 30.9 Å². The van der Waals surface area contributed by atoms with Gasteiger partial charge in [0, 0.05) is 32.7 Å². The molecule has 2 fully saturated rings. The minimum absolute atomic E-state index is 0. The highest BCUT2D eigenvalue weighted by atomic mass is 35.5. The molecule has 0 spiro atoms.